The molecule has 2 amide bonds. The van der Waals surface area contributed by atoms with Crippen molar-refractivity contribution >= 4 is 40.9 Å². The predicted molar refractivity (Wildman–Crippen MR) is 120 cm³/mol. The van der Waals surface area contributed by atoms with Crippen molar-refractivity contribution < 1.29 is 14.0 Å². The summed E-state index contributed by atoms with van der Waals surface area (Å²) in [7, 11) is 0. The van der Waals surface area contributed by atoms with Gasteiger partial charge in [0.05, 0.1) is 6.42 Å². The first-order valence-electron chi connectivity index (χ1n) is 10.0. The molecule has 1 aliphatic rings. The second-order valence-electron chi connectivity index (χ2n) is 7.45. The third-order valence-corrected chi connectivity index (χ3v) is 5.44. The molecular formula is C23H26ClN3O3. The molecule has 0 saturated carbocycles. The van der Waals surface area contributed by atoms with Gasteiger partial charge in [-0.3, -0.25) is 9.59 Å². The number of para-hydroxylation sites is 1. The molecule has 0 spiro atoms. The maximum absolute atomic E-state index is 12.7. The molecule has 1 fully saturated rings. The molecule has 30 heavy (non-hydrogen) atoms. The minimum atomic E-state index is -0.302. The van der Waals surface area contributed by atoms with E-state index in [1.54, 1.807) is 18.2 Å². The molecule has 1 aromatic heterocycles. The highest BCUT2D eigenvalue weighted by molar-refractivity contribution is 6.04. The zero-order valence-corrected chi connectivity index (χ0v) is 17.5. The number of nitrogens with one attached hydrogen (secondary N) is 1. The van der Waals surface area contributed by atoms with Gasteiger partial charge in [0.15, 0.2) is 5.76 Å². The zero-order valence-electron chi connectivity index (χ0n) is 16.7. The Labute approximate surface area is 181 Å². The molecule has 6 nitrogen and oxygen atoms in total. The second-order valence-corrected chi connectivity index (χ2v) is 7.45. The summed E-state index contributed by atoms with van der Waals surface area (Å²) in [5.41, 5.74) is 8.07. The van der Waals surface area contributed by atoms with Gasteiger partial charge in [0.1, 0.15) is 5.58 Å². The summed E-state index contributed by atoms with van der Waals surface area (Å²) >= 11 is 0. The Hall–Kier alpha value is -2.83. The van der Waals surface area contributed by atoms with E-state index in [2.05, 4.69) is 5.32 Å². The van der Waals surface area contributed by atoms with E-state index >= 15 is 0 Å². The van der Waals surface area contributed by atoms with Crippen LogP contribution >= 0.6 is 12.4 Å². The van der Waals surface area contributed by atoms with Gasteiger partial charge < -0.3 is 20.4 Å². The quantitative estimate of drug-likeness (QED) is 0.644. The highest BCUT2D eigenvalue weighted by Gasteiger charge is 2.25. The highest BCUT2D eigenvalue weighted by Crippen LogP contribution is 2.21. The molecule has 4 rings (SSSR count). The maximum Gasteiger partial charge on any atom is 0.291 e. The van der Waals surface area contributed by atoms with Gasteiger partial charge in [-0.15, -0.1) is 12.4 Å². The van der Waals surface area contributed by atoms with E-state index in [0.717, 1.165) is 36.8 Å². The van der Waals surface area contributed by atoms with Crippen LogP contribution in [0.3, 0.4) is 0 Å². The average molecular weight is 428 g/mol. The lowest BCUT2D eigenvalue weighted by Gasteiger charge is -2.35. The number of nitrogens with zero attached hydrogens (tertiary/aromatic N) is 1. The molecule has 1 atom stereocenters. The molecule has 7 heteroatoms. The van der Waals surface area contributed by atoms with E-state index in [1.807, 2.05) is 41.3 Å². The number of carbonyl (C=O) groups excluding carboxylic acids is 2. The van der Waals surface area contributed by atoms with Crippen LogP contribution in [0, 0.1) is 0 Å². The van der Waals surface area contributed by atoms with E-state index in [0.29, 0.717) is 24.2 Å². The largest absolute Gasteiger partial charge is 0.451 e. The number of rotatable bonds is 5. The van der Waals surface area contributed by atoms with Gasteiger partial charge in [-0.05, 0) is 49.1 Å². The van der Waals surface area contributed by atoms with Crippen LogP contribution in [-0.2, 0) is 11.2 Å². The first-order valence-corrected chi connectivity index (χ1v) is 10.0. The number of hydrogen-bond acceptors (Lipinski definition) is 4. The Morgan fingerprint density at radius 3 is 2.60 bits per heavy atom. The predicted octanol–water partition coefficient (Wildman–Crippen LogP) is 3.99. The number of amides is 2. The Bertz CT molecular complexity index is 983. The van der Waals surface area contributed by atoms with Crippen molar-refractivity contribution in [3.05, 3.63) is 65.9 Å². The minimum Gasteiger partial charge on any atom is -0.451 e. The van der Waals surface area contributed by atoms with Crippen molar-refractivity contribution in [3.63, 3.8) is 0 Å². The molecule has 2 heterocycles. The molecular weight excluding hydrogens is 402 g/mol. The van der Waals surface area contributed by atoms with Crippen LogP contribution in [0.4, 0.5) is 5.69 Å². The van der Waals surface area contributed by atoms with Crippen LogP contribution in [0.1, 0.15) is 35.4 Å². The van der Waals surface area contributed by atoms with Crippen molar-refractivity contribution in [2.24, 2.45) is 5.73 Å². The lowest BCUT2D eigenvalue weighted by molar-refractivity contribution is -0.133. The van der Waals surface area contributed by atoms with Gasteiger partial charge >= 0.3 is 0 Å². The normalized spacial score (nSPS) is 16.2. The molecule has 0 radical (unpaired) electrons. The van der Waals surface area contributed by atoms with Crippen LogP contribution in [-0.4, -0.2) is 35.8 Å². The number of benzene rings is 2. The molecule has 1 unspecified atom stereocenters. The summed E-state index contributed by atoms with van der Waals surface area (Å²) in [6, 6.07) is 16.7. The van der Waals surface area contributed by atoms with Gasteiger partial charge in [0.2, 0.25) is 5.91 Å². The van der Waals surface area contributed by atoms with E-state index in [4.69, 9.17) is 10.2 Å². The van der Waals surface area contributed by atoms with Crippen molar-refractivity contribution in [1.82, 2.24) is 4.90 Å². The van der Waals surface area contributed by atoms with Crippen molar-refractivity contribution in [2.75, 3.05) is 18.4 Å². The van der Waals surface area contributed by atoms with Crippen molar-refractivity contribution in [1.29, 1.82) is 0 Å². The third-order valence-electron chi connectivity index (χ3n) is 5.44. The molecule has 0 aliphatic carbocycles. The first kappa shape index (κ1) is 21.9. The highest BCUT2D eigenvalue weighted by atomic mass is 35.5. The number of piperidine rings is 1. The fourth-order valence-corrected chi connectivity index (χ4v) is 3.84. The molecule has 2 aromatic carbocycles. The Kier molecular flexibility index (Phi) is 7.13. The van der Waals surface area contributed by atoms with Gasteiger partial charge in [0.25, 0.3) is 5.91 Å². The molecule has 3 N–H and O–H groups in total. The van der Waals surface area contributed by atoms with E-state index < -0.39 is 0 Å². The van der Waals surface area contributed by atoms with Crippen LogP contribution < -0.4 is 11.1 Å². The summed E-state index contributed by atoms with van der Waals surface area (Å²) in [6.45, 7) is 1.30. The number of halogens is 1. The van der Waals surface area contributed by atoms with Gasteiger partial charge in [-0.2, -0.15) is 0 Å². The summed E-state index contributed by atoms with van der Waals surface area (Å²) in [5.74, 6) is 0.0757. The number of nitrogens with two attached hydrogens (primary N) is 1. The number of carbonyl (C=O) groups is 2. The van der Waals surface area contributed by atoms with Crippen LogP contribution in [0.2, 0.25) is 0 Å². The third kappa shape index (κ3) is 4.83. The van der Waals surface area contributed by atoms with Crippen LogP contribution in [0.5, 0.6) is 0 Å². The SMILES string of the molecule is Cl.NCC1CCCCN1C(=O)Cc1ccc(NC(=O)c2cc3ccccc3o2)cc1. The monoisotopic (exact) mass is 427 g/mol. The first-order chi connectivity index (χ1) is 14.1. The standard InChI is InChI=1S/C23H25N3O3.ClH/c24-15-19-6-3-4-12-26(19)22(27)13-16-8-10-18(11-9-16)25-23(28)21-14-17-5-1-2-7-20(17)29-21;/h1-2,5,7-11,14,19H,3-4,6,12-13,15,24H2,(H,25,28);1H. The van der Waals surface area contributed by atoms with E-state index in [9.17, 15) is 9.59 Å². The zero-order chi connectivity index (χ0) is 20.2. The fraction of sp³-hybridized carbons (Fsp3) is 0.304. The fourth-order valence-electron chi connectivity index (χ4n) is 3.84. The van der Waals surface area contributed by atoms with Gasteiger partial charge in [-0.25, -0.2) is 0 Å². The van der Waals surface area contributed by atoms with Crippen LogP contribution in [0.15, 0.2) is 59.0 Å². The van der Waals surface area contributed by atoms with Gasteiger partial charge in [0, 0.05) is 30.2 Å². The summed E-state index contributed by atoms with van der Waals surface area (Å²) in [4.78, 5) is 27.0. The average Bonchev–Trinajstić information content (AvgIpc) is 3.19. The lowest BCUT2D eigenvalue weighted by Crippen LogP contribution is -2.48. The smallest absolute Gasteiger partial charge is 0.291 e. The Morgan fingerprint density at radius 1 is 1.10 bits per heavy atom. The number of likely N-dealkylation sites (tertiary alicyclic amines) is 1. The number of anilines is 1. The Morgan fingerprint density at radius 2 is 1.87 bits per heavy atom. The Balaban J connectivity index is 0.00000256. The summed E-state index contributed by atoms with van der Waals surface area (Å²) in [5, 5.41) is 3.72. The van der Waals surface area contributed by atoms with E-state index in [-0.39, 0.29) is 36.0 Å². The lowest BCUT2D eigenvalue weighted by atomic mass is 10.0. The van der Waals surface area contributed by atoms with Crippen molar-refractivity contribution in [3.8, 4) is 0 Å². The van der Waals surface area contributed by atoms with Crippen LogP contribution in [0.25, 0.3) is 11.0 Å². The number of fused-ring (bicyclic) bond motifs is 1. The van der Waals surface area contributed by atoms with E-state index in [1.165, 1.54) is 0 Å². The molecule has 3 aromatic rings. The summed E-state index contributed by atoms with van der Waals surface area (Å²) < 4.78 is 5.59. The summed E-state index contributed by atoms with van der Waals surface area (Å²) in [6.07, 6.45) is 3.49. The minimum absolute atomic E-state index is 0. The van der Waals surface area contributed by atoms with Gasteiger partial charge in [-0.1, -0.05) is 30.3 Å². The molecule has 1 saturated heterocycles. The molecule has 158 valence electrons. The number of furan rings is 1. The van der Waals surface area contributed by atoms with Crippen molar-refractivity contribution in [2.45, 2.75) is 31.7 Å². The second kappa shape index (κ2) is 9.78. The molecule has 1 aliphatic heterocycles. The number of hydrogen-bond donors (Lipinski definition) is 2. The maximum atomic E-state index is 12.7. The molecule has 0 bridgehead atoms. The topological polar surface area (TPSA) is 88.6 Å².